The molecule has 0 saturated carbocycles. The van der Waals surface area contributed by atoms with Crippen LogP contribution >= 0.6 is 8.96 Å². The maximum atomic E-state index is 10.9. The van der Waals surface area contributed by atoms with Gasteiger partial charge in [0.1, 0.15) is 0 Å². The fraction of sp³-hybridized carbons (Fsp3) is 0.250. The summed E-state index contributed by atoms with van der Waals surface area (Å²) in [5.74, 6) is 0.790. The Balaban J connectivity index is 2.78. The first-order chi connectivity index (χ1) is 5.74. The Bertz CT molecular complexity index is 271. The molecule has 0 aliphatic heterocycles. The monoisotopic (exact) mass is 302 g/mol. The van der Waals surface area contributed by atoms with Crippen molar-refractivity contribution < 1.29 is 7.84 Å². The summed E-state index contributed by atoms with van der Waals surface area (Å²) in [4.78, 5) is 0. The van der Waals surface area contributed by atoms with Crippen molar-refractivity contribution in [2.45, 2.75) is 6.92 Å². The van der Waals surface area contributed by atoms with Crippen LogP contribution in [0.3, 0.4) is 0 Å². The normalized spacial score (nSPS) is 10.2. The second kappa shape index (κ2) is 4.81. The zero-order valence-electron chi connectivity index (χ0n) is 6.62. The molecule has 0 aliphatic carbocycles. The Labute approximate surface area is 82.2 Å². The van der Waals surface area contributed by atoms with E-state index >= 15 is 0 Å². The molecule has 0 unspecified atom stereocenters. The number of hydrogen-bond donors (Lipinski definition) is 0. The third kappa shape index (κ3) is 2.75. The molecule has 66 valence electrons. The van der Waals surface area contributed by atoms with Crippen LogP contribution in [-0.2, 0) is 3.10 Å². The summed E-state index contributed by atoms with van der Waals surface area (Å²) in [6.07, 6.45) is 0. The van der Waals surface area contributed by atoms with E-state index < -0.39 is 18.4 Å². The van der Waals surface area contributed by atoms with Gasteiger partial charge in [-0.25, -0.2) is 0 Å². The fourth-order valence-corrected chi connectivity index (χ4v) is 2.50. The molecule has 4 heteroatoms. The summed E-state index contributed by atoms with van der Waals surface area (Å²) < 4.78 is 16.8. The summed E-state index contributed by atoms with van der Waals surface area (Å²) >= 11 is -2.68. The van der Waals surface area contributed by atoms with Crippen LogP contribution in [0.4, 0.5) is 0 Å². The van der Waals surface area contributed by atoms with Gasteiger partial charge in [-0.05, 0) is 0 Å². The second-order valence-electron chi connectivity index (χ2n) is 2.13. The zero-order valence-corrected chi connectivity index (χ0v) is 9.71. The third-order valence-electron chi connectivity index (χ3n) is 1.32. The first-order valence-electron chi connectivity index (χ1n) is 3.55. The standard InChI is InChI=1S/C8H9ClO2Te/c1-2-11-7-3-5-8(6-4-7)12(9)10/h3-6H,2H2,1H3. The van der Waals surface area contributed by atoms with Gasteiger partial charge >= 0.3 is 82.4 Å². The fourth-order valence-electron chi connectivity index (χ4n) is 0.810. The Morgan fingerprint density at radius 2 is 2.00 bits per heavy atom. The quantitative estimate of drug-likeness (QED) is 0.790. The zero-order chi connectivity index (χ0) is 8.97. The molecular weight excluding hydrogens is 291 g/mol. The van der Waals surface area contributed by atoms with Crippen molar-refractivity contribution in [1.29, 1.82) is 0 Å². The van der Waals surface area contributed by atoms with E-state index in [0.29, 0.717) is 6.61 Å². The van der Waals surface area contributed by atoms with E-state index in [2.05, 4.69) is 0 Å². The second-order valence-corrected chi connectivity index (χ2v) is 6.63. The van der Waals surface area contributed by atoms with Crippen LogP contribution in [0, 0.1) is 0 Å². The summed E-state index contributed by atoms with van der Waals surface area (Å²) in [6, 6.07) is 7.07. The van der Waals surface area contributed by atoms with Crippen LogP contribution in [0.15, 0.2) is 24.3 Å². The van der Waals surface area contributed by atoms with Gasteiger partial charge in [0.05, 0.1) is 0 Å². The Morgan fingerprint density at radius 1 is 1.42 bits per heavy atom. The summed E-state index contributed by atoms with van der Waals surface area (Å²) in [6.45, 7) is 2.56. The molecule has 0 heterocycles. The molecule has 0 N–H and O–H groups in total. The van der Waals surface area contributed by atoms with E-state index in [1.807, 2.05) is 6.92 Å². The predicted molar refractivity (Wildman–Crippen MR) is 49.5 cm³/mol. The molecule has 0 radical (unpaired) electrons. The Kier molecular flexibility index (Phi) is 4.00. The molecule has 2 nitrogen and oxygen atoms in total. The Hall–Kier alpha value is -0.100. The van der Waals surface area contributed by atoms with Gasteiger partial charge in [0, 0.05) is 0 Å². The Morgan fingerprint density at radius 3 is 2.42 bits per heavy atom. The molecule has 0 bridgehead atoms. The van der Waals surface area contributed by atoms with Crippen molar-refractivity contribution in [3.05, 3.63) is 24.3 Å². The molecule has 0 aromatic heterocycles. The number of hydrogen-bond acceptors (Lipinski definition) is 2. The molecule has 0 atom stereocenters. The van der Waals surface area contributed by atoms with Crippen LogP contribution in [0.1, 0.15) is 6.92 Å². The number of benzene rings is 1. The van der Waals surface area contributed by atoms with Gasteiger partial charge in [0.25, 0.3) is 0 Å². The van der Waals surface area contributed by atoms with Crippen LogP contribution in [0.5, 0.6) is 5.75 Å². The molecule has 0 fully saturated rings. The van der Waals surface area contributed by atoms with Crippen molar-refractivity contribution in [2.24, 2.45) is 0 Å². The first kappa shape index (κ1) is 9.98. The molecule has 1 aromatic rings. The topological polar surface area (TPSA) is 26.3 Å². The van der Waals surface area contributed by atoms with Gasteiger partial charge in [0.15, 0.2) is 0 Å². The molecule has 1 aromatic carbocycles. The van der Waals surface area contributed by atoms with Crippen molar-refractivity contribution in [3.63, 3.8) is 0 Å². The molecular formula is C8H9ClO2Te. The van der Waals surface area contributed by atoms with Crippen LogP contribution < -0.4 is 8.35 Å². The van der Waals surface area contributed by atoms with Gasteiger partial charge in [-0.1, -0.05) is 0 Å². The molecule has 0 spiro atoms. The minimum absolute atomic E-state index is 0.640. The number of halogens is 1. The van der Waals surface area contributed by atoms with E-state index in [-0.39, 0.29) is 0 Å². The predicted octanol–water partition coefficient (Wildman–Crippen LogP) is 1.45. The average molecular weight is 300 g/mol. The molecule has 0 saturated heterocycles. The minimum atomic E-state index is -2.68. The SMILES string of the molecule is CCOc1ccc([Te](=O)Cl)cc1. The van der Waals surface area contributed by atoms with Crippen LogP contribution in [-0.4, -0.2) is 25.0 Å². The van der Waals surface area contributed by atoms with Crippen molar-refractivity contribution in [1.82, 2.24) is 0 Å². The van der Waals surface area contributed by atoms with E-state index in [1.54, 1.807) is 24.3 Å². The van der Waals surface area contributed by atoms with Crippen molar-refractivity contribution in [3.8, 4) is 5.75 Å². The van der Waals surface area contributed by atoms with Gasteiger partial charge in [0.2, 0.25) is 0 Å². The molecule has 0 amide bonds. The van der Waals surface area contributed by atoms with E-state index in [4.69, 9.17) is 13.7 Å². The molecule has 12 heavy (non-hydrogen) atoms. The summed E-state index contributed by atoms with van der Waals surface area (Å²) in [5.41, 5.74) is 0. The van der Waals surface area contributed by atoms with E-state index in [1.165, 1.54) is 0 Å². The van der Waals surface area contributed by atoms with Gasteiger partial charge in [-0.3, -0.25) is 0 Å². The van der Waals surface area contributed by atoms with Gasteiger partial charge in [-0.2, -0.15) is 0 Å². The summed E-state index contributed by atoms with van der Waals surface area (Å²) in [7, 11) is 5.51. The third-order valence-corrected chi connectivity index (χ3v) is 4.35. The van der Waals surface area contributed by atoms with E-state index in [0.717, 1.165) is 9.36 Å². The van der Waals surface area contributed by atoms with E-state index in [9.17, 15) is 3.10 Å². The molecule has 0 aliphatic rings. The first-order valence-corrected chi connectivity index (χ1v) is 8.61. The van der Waals surface area contributed by atoms with Crippen LogP contribution in [0.2, 0.25) is 0 Å². The number of rotatable bonds is 3. The number of ether oxygens (including phenoxy) is 1. The van der Waals surface area contributed by atoms with Crippen molar-refractivity contribution in [2.75, 3.05) is 6.61 Å². The summed E-state index contributed by atoms with van der Waals surface area (Å²) in [5, 5.41) is 0. The average Bonchev–Trinajstić information content (AvgIpc) is 2.06. The maximum absolute atomic E-state index is 10.9. The van der Waals surface area contributed by atoms with Crippen molar-refractivity contribution >= 4 is 31.0 Å². The van der Waals surface area contributed by atoms with Crippen LogP contribution in [0.25, 0.3) is 0 Å². The van der Waals surface area contributed by atoms with Gasteiger partial charge in [-0.15, -0.1) is 0 Å². The molecule has 1 rings (SSSR count). The van der Waals surface area contributed by atoms with Gasteiger partial charge < -0.3 is 0 Å².